The van der Waals surface area contributed by atoms with Crippen LogP contribution in [0.4, 0.5) is 11.4 Å². The van der Waals surface area contributed by atoms with E-state index in [4.69, 9.17) is 34.7 Å². The number of benzene rings is 1. The molecule has 7 N–H and O–H groups in total. The number of aryl methyl sites for hydroxylation is 1. The highest BCUT2D eigenvalue weighted by Crippen LogP contribution is 2.30. The maximum Gasteiger partial charge on any atom is 0.273 e. The first-order chi connectivity index (χ1) is 11.3. The van der Waals surface area contributed by atoms with Crippen LogP contribution in [0, 0.1) is 6.92 Å². The standard InChI is InChI=1S/C15H17Cl2N5O2/c1-7-11(16)12(17)13(21-7)15(24)22-9-3-2-8(14(19)23)6-10(9)20-5-4-18/h2-3,6,20-21H,4-5,18H2,1H3,(H2,19,23)(H,22,24). The van der Waals surface area contributed by atoms with E-state index < -0.39 is 11.8 Å². The van der Waals surface area contributed by atoms with Crippen molar-refractivity contribution in [2.24, 2.45) is 11.5 Å². The molecule has 9 heteroatoms. The second-order valence-corrected chi connectivity index (χ2v) is 5.80. The smallest absolute Gasteiger partial charge is 0.273 e. The highest BCUT2D eigenvalue weighted by molar-refractivity contribution is 6.44. The van der Waals surface area contributed by atoms with Gasteiger partial charge in [0.15, 0.2) is 0 Å². The van der Waals surface area contributed by atoms with Gasteiger partial charge in [-0.2, -0.15) is 0 Å². The summed E-state index contributed by atoms with van der Waals surface area (Å²) in [5, 5.41) is 6.19. The van der Waals surface area contributed by atoms with Crippen LogP contribution in [0.25, 0.3) is 0 Å². The molecule has 0 aliphatic carbocycles. The zero-order valence-corrected chi connectivity index (χ0v) is 14.4. The third-order valence-corrected chi connectivity index (χ3v) is 4.24. The molecule has 7 nitrogen and oxygen atoms in total. The number of carbonyl (C=O) groups excluding carboxylic acids is 2. The Bertz CT molecular complexity index is 788. The first kappa shape index (κ1) is 18.1. The lowest BCUT2D eigenvalue weighted by atomic mass is 10.1. The summed E-state index contributed by atoms with van der Waals surface area (Å²) in [6.45, 7) is 2.55. The van der Waals surface area contributed by atoms with E-state index in [9.17, 15) is 9.59 Å². The Balaban J connectivity index is 2.31. The Kier molecular flexibility index (Phi) is 5.71. The predicted molar refractivity (Wildman–Crippen MR) is 96.0 cm³/mol. The van der Waals surface area contributed by atoms with Gasteiger partial charge in [0, 0.05) is 24.3 Å². The van der Waals surface area contributed by atoms with Crippen LogP contribution in [0.15, 0.2) is 18.2 Å². The van der Waals surface area contributed by atoms with Crippen LogP contribution in [0.3, 0.4) is 0 Å². The first-order valence-electron chi connectivity index (χ1n) is 7.07. The molecule has 1 heterocycles. The summed E-state index contributed by atoms with van der Waals surface area (Å²) in [5.41, 5.74) is 12.8. The van der Waals surface area contributed by atoms with Crippen molar-refractivity contribution < 1.29 is 9.59 Å². The molecule has 0 spiro atoms. The monoisotopic (exact) mass is 369 g/mol. The number of anilines is 2. The Morgan fingerprint density at radius 2 is 1.92 bits per heavy atom. The van der Waals surface area contributed by atoms with Crippen molar-refractivity contribution in [3.05, 3.63) is 45.2 Å². The topological polar surface area (TPSA) is 126 Å². The predicted octanol–water partition coefficient (Wildman–Crippen LogP) is 2.35. The van der Waals surface area contributed by atoms with Crippen molar-refractivity contribution in [3.63, 3.8) is 0 Å². The van der Waals surface area contributed by atoms with Crippen molar-refractivity contribution in [1.29, 1.82) is 0 Å². The van der Waals surface area contributed by atoms with Crippen LogP contribution in [-0.4, -0.2) is 29.9 Å². The van der Waals surface area contributed by atoms with Crippen LogP contribution in [0.1, 0.15) is 26.5 Å². The van der Waals surface area contributed by atoms with E-state index in [1.165, 1.54) is 6.07 Å². The molecule has 0 bridgehead atoms. The Hall–Kier alpha value is -2.22. The minimum Gasteiger partial charge on any atom is -0.382 e. The zero-order valence-electron chi connectivity index (χ0n) is 12.9. The molecule has 0 aliphatic heterocycles. The summed E-state index contributed by atoms with van der Waals surface area (Å²) in [4.78, 5) is 26.6. The lowest BCUT2D eigenvalue weighted by Crippen LogP contribution is -2.18. The number of carbonyl (C=O) groups is 2. The number of aromatic amines is 1. The lowest BCUT2D eigenvalue weighted by Gasteiger charge is -2.13. The third kappa shape index (κ3) is 3.81. The van der Waals surface area contributed by atoms with Crippen molar-refractivity contribution in [3.8, 4) is 0 Å². The minimum absolute atomic E-state index is 0.150. The molecule has 0 radical (unpaired) electrons. The van der Waals surface area contributed by atoms with E-state index in [1.807, 2.05) is 0 Å². The van der Waals surface area contributed by atoms with Gasteiger partial charge in [-0.25, -0.2) is 0 Å². The van der Waals surface area contributed by atoms with Gasteiger partial charge in [0.1, 0.15) is 5.69 Å². The summed E-state index contributed by atoms with van der Waals surface area (Å²) < 4.78 is 0. The summed E-state index contributed by atoms with van der Waals surface area (Å²) in [7, 11) is 0. The molecule has 2 aromatic rings. The zero-order chi connectivity index (χ0) is 17.9. The molecular weight excluding hydrogens is 353 g/mol. The lowest BCUT2D eigenvalue weighted by molar-refractivity contribution is 0.0998. The van der Waals surface area contributed by atoms with Crippen molar-refractivity contribution in [2.45, 2.75) is 6.92 Å². The van der Waals surface area contributed by atoms with E-state index in [-0.39, 0.29) is 10.7 Å². The molecule has 1 aromatic heterocycles. The first-order valence-corrected chi connectivity index (χ1v) is 7.83. The number of halogens is 2. The van der Waals surface area contributed by atoms with Crippen molar-refractivity contribution in [1.82, 2.24) is 4.98 Å². The van der Waals surface area contributed by atoms with Gasteiger partial charge in [0.25, 0.3) is 5.91 Å². The van der Waals surface area contributed by atoms with E-state index in [2.05, 4.69) is 15.6 Å². The molecule has 2 amide bonds. The summed E-state index contributed by atoms with van der Waals surface area (Å²) in [5.74, 6) is -1.03. The SMILES string of the molecule is Cc1[nH]c(C(=O)Nc2ccc(C(N)=O)cc2NCCN)c(Cl)c1Cl. The molecule has 0 unspecified atom stereocenters. The van der Waals surface area contributed by atoms with E-state index in [0.717, 1.165) is 0 Å². The minimum atomic E-state index is -0.571. The molecule has 0 saturated heterocycles. The van der Waals surface area contributed by atoms with E-state index >= 15 is 0 Å². The Labute approximate surface area is 148 Å². The normalized spacial score (nSPS) is 10.5. The molecule has 1 aromatic carbocycles. The van der Waals surface area contributed by atoms with E-state index in [0.29, 0.717) is 40.7 Å². The average Bonchev–Trinajstić information content (AvgIpc) is 2.81. The van der Waals surface area contributed by atoms with Crippen LogP contribution in [0.5, 0.6) is 0 Å². The van der Waals surface area contributed by atoms with Crippen LogP contribution in [-0.2, 0) is 0 Å². The van der Waals surface area contributed by atoms with Gasteiger partial charge in [-0.3, -0.25) is 9.59 Å². The largest absolute Gasteiger partial charge is 0.382 e. The molecule has 0 saturated carbocycles. The number of hydrogen-bond acceptors (Lipinski definition) is 4. The second-order valence-electron chi connectivity index (χ2n) is 5.05. The maximum atomic E-state index is 12.4. The third-order valence-electron chi connectivity index (χ3n) is 3.29. The van der Waals surface area contributed by atoms with Gasteiger partial charge in [-0.1, -0.05) is 23.2 Å². The summed E-state index contributed by atoms with van der Waals surface area (Å²) in [6.07, 6.45) is 0. The molecule has 0 aliphatic rings. The van der Waals surface area contributed by atoms with Crippen molar-refractivity contribution >= 4 is 46.4 Å². The maximum absolute atomic E-state index is 12.4. The molecule has 24 heavy (non-hydrogen) atoms. The van der Waals surface area contributed by atoms with E-state index in [1.54, 1.807) is 19.1 Å². The highest BCUT2D eigenvalue weighted by Gasteiger charge is 2.19. The molecular formula is C15H17Cl2N5O2. The number of amides is 2. The number of rotatable bonds is 6. The number of aromatic nitrogens is 1. The fraction of sp³-hybridized carbons (Fsp3) is 0.200. The van der Waals surface area contributed by atoms with Gasteiger partial charge >= 0.3 is 0 Å². The van der Waals surface area contributed by atoms with Crippen molar-refractivity contribution in [2.75, 3.05) is 23.7 Å². The number of H-pyrrole nitrogens is 1. The van der Waals surface area contributed by atoms with Crippen LogP contribution >= 0.6 is 23.2 Å². The fourth-order valence-electron chi connectivity index (χ4n) is 2.07. The Morgan fingerprint density at radius 1 is 1.21 bits per heavy atom. The molecule has 128 valence electrons. The molecule has 2 rings (SSSR count). The van der Waals surface area contributed by atoms with Gasteiger partial charge in [-0.15, -0.1) is 0 Å². The highest BCUT2D eigenvalue weighted by atomic mass is 35.5. The summed E-state index contributed by atoms with van der Waals surface area (Å²) >= 11 is 12.0. The van der Waals surface area contributed by atoms with Gasteiger partial charge in [-0.05, 0) is 25.1 Å². The van der Waals surface area contributed by atoms with Gasteiger partial charge in [0.2, 0.25) is 5.91 Å². The molecule has 0 atom stereocenters. The fourth-order valence-corrected chi connectivity index (χ4v) is 2.49. The second kappa shape index (κ2) is 7.57. The van der Waals surface area contributed by atoms with Gasteiger partial charge in [0.05, 0.1) is 21.4 Å². The average molecular weight is 370 g/mol. The number of hydrogen-bond donors (Lipinski definition) is 5. The quantitative estimate of drug-likeness (QED) is 0.535. The molecule has 0 fully saturated rings. The van der Waals surface area contributed by atoms with Crippen LogP contribution in [0.2, 0.25) is 10.0 Å². The Morgan fingerprint density at radius 3 is 2.46 bits per heavy atom. The number of nitrogens with two attached hydrogens (primary N) is 2. The van der Waals surface area contributed by atoms with Crippen LogP contribution < -0.4 is 22.1 Å². The van der Waals surface area contributed by atoms with Gasteiger partial charge < -0.3 is 27.1 Å². The number of primary amides is 1. The summed E-state index contributed by atoms with van der Waals surface area (Å²) in [6, 6.07) is 4.63. The number of nitrogens with one attached hydrogen (secondary N) is 3.